The standard InChI is InChI=1S/C15H26N2O3/c1-2-3-4-5-6-7-9-12(14(16)18)17-15(19)13-10-8-11-20-13/h2,12-13H,1,3-11H2,(H2,16,18)(H,17,19)/t12-,13-/m0/s1. The molecule has 2 amide bonds. The number of carbonyl (C=O) groups excluding carboxylic acids is 2. The van der Waals surface area contributed by atoms with Crippen LogP contribution >= 0.6 is 0 Å². The molecule has 20 heavy (non-hydrogen) atoms. The molecule has 0 radical (unpaired) electrons. The highest BCUT2D eigenvalue weighted by Gasteiger charge is 2.27. The summed E-state index contributed by atoms with van der Waals surface area (Å²) >= 11 is 0. The number of hydrogen-bond acceptors (Lipinski definition) is 3. The maximum absolute atomic E-state index is 11.9. The van der Waals surface area contributed by atoms with E-state index in [1.807, 2.05) is 6.08 Å². The maximum atomic E-state index is 11.9. The fourth-order valence-corrected chi connectivity index (χ4v) is 2.33. The first-order valence-corrected chi connectivity index (χ1v) is 7.47. The van der Waals surface area contributed by atoms with Crippen molar-refractivity contribution in [3.63, 3.8) is 0 Å². The zero-order chi connectivity index (χ0) is 14.8. The predicted octanol–water partition coefficient (Wildman–Crippen LogP) is 1.66. The molecule has 0 unspecified atom stereocenters. The van der Waals surface area contributed by atoms with Crippen LogP contribution in [0, 0.1) is 0 Å². The minimum Gasteiger partial charge on any atom is -0.368 e. The van der Waals surface area contributed by atoms with Crippen molar-refractivity contribution in [1.29, 1.82) is 0 Å². The molecular weight excluding hydrogens is 256 g/mol. The van der Waals surface area contributed by atoms with E-state index in [9.17, 15) is 9.59 Å². The van der Waals surface area contributed by atoms with Crippen LogP contribution in [0.4, 0.5) is 0 Å². The van der Waals surface area contributed by atoms with Crippen LogP contribution < -0.4 is 11.1 Å². The summed E-state index contributed by atoms with van der Waals surface area (Å²) in [5, 5.41) is 2.71. The molecule has 1 aliphatic rings. The summed E-state index contributed by atoms with van der Waals surface area (Å²) in [6.45, 7) is 4.29. The van der Waals surface area contributed by atoms with Crippen LogP contribution in [0.2, 0.25) is 0 Å². The van der Waals surface area contributed by atoms with Gasteiger partial charge < -0.3 is 15.8 Å². The minimum absolute atomic E-state index is 0.210. The van der Waals surface area contributed by atoms with Gasteiger partial charge in [0, 0.05) is 6.61 Å². The number of nitrogens with one attached hydrogen (secondary N) is 1. The number of primary amides is 1. The van der Waals surface area contributed by atoms with E-state index < -0.39 is 18.1 Å². The molecule has 0 aromatic carbocycles. The number of ether oxygens (including phenoxy) is 1. The lowest BCUT2D eigenvalue weighted by Gasteiger charge is -2.17. The van der Waals surface area contributed by atoms with Crippen LogP contribution in [0.15, 0.2) is 12.7 Å². The topological polar surface area (TPSA) is 81.4 Å². The molecule has 114 valence electrons. The number of amides is 2. The third-order valence-electron chi connectivity index (χ3n) is 3.53. The van der Waals surface area contributed by atoms with Gasteiger partial charge in [-0.25, -0.2) is 0 Å². The second-order valence-corrected chi connectivity index (χ2v) is 5.25. The Balaban J connectivity index is 2.23. The number of rotatable bonds is 10. The second kappa shape index (κ2) is 9.53. The van der Waals surface area contributed by atoms with E-state index in [2.05, 4.69) is 11.9 Å². The SMILES string of the molecule is C=CCCCCCC[C@H](NC(=O)[C@@H]1CCCO1)C(N)=O. The Morgan fingerprint density at radius 2 is 2.10 bits per heavy atom. The van der Waals surface area contributed by atoms with Gasteiger partial charge in [-0.2, -0.15) is 0 Å². The van der Waals surface area contributed by atoms with E-state index in [0.29, 0.717) is 13.0 Å². The lowest BCUT2D eigenvalue weighted by atomic mass is 10.1. The van der Waals surface area contributed by atoms with Gasteiger partial charge in [-0.1, -0.05) is 25.3 Å². The van der Waals surface area contributed by atoms with Crippen molar-refractivity contribution in [2.75, 3.05) is 6.61 Å². The molecule has 1 rings (SSSR count). The minimum atomic E-state index is -0.578. The lowest BCUT2D eigenvalue weighted by Crippen LogP contribution is -2.47. The van der Waals surface area contributed by atoms with E-state index >= 15 is 0 Å². The van der Waals surface area contributed by atoms with E-state index in [1.165, 1.54) is 0 Å². The van der Waals surface area contributed by atoms with Crippen LogP contribution in [-0.2, 0) is 14.3 Å². The number of carbonyl (C=O) groups is 2. The Labute approximate surface area is 120 Å². The highest BCUT2D eigenvalue weighted by Crippen LogP contribution is 2.13. The largest absolute Gasteiger partial charge is 0.368 e. The van der Waals surface area contributed by atoms with Gasteiger partial charge in [0.1, 0.15) is 12.1 Å². The molecule has 1 saturated heterocycles. The molecule has 0 aromatic heterocycles. The molecule has 1 aliphatic heterocycles. The molecule has 1 fully saturated rings. The lowest BCUT2D eigenvalue weighted by molar-refractivity contribution is -0.133. The Morgan fingerprint density at radius 3 is 2.70 bits per heavy atom. The van der Waals surface area contributed by atoms with Crippen LogP contribution in [0.5, 0.6) is 0 Å². The van der Waals surface area contributed by atoms with Gasteiger partial charge in [-0.15, -0.1) is 6.58 Å². The van der Waals surface area contributed by atoms with Gasteiger partial charge in [-0.05, 0) is 32.1 Å². The zero-order valence-corrected chi connectivity index (χ0v) is 12.1. The van der Waals surface area contributed by atoms with E-state index in [1.54, 1.807) is 0 Å². The number of unbranched alkanes of at least 4 members (excludes halogenated alkanes) is 4. The monoisotopic (exact) mass is 282 g/mol. The number of allylic oxidation sites excluding steroid dienone is 1. The fraction of sp³-hybridized carbons (Fsp3) is 0.733. The van der Waals surface area contributed by atoms with Crippen LogP contribution in [-0.4, -0.2) is 30.6 Å². The van der Waals surface area contributed by atoms with E-state index in [0.717, 1.165) is 44.9 Å². The molecule has 5 heteroatoms. The summed E-state index contributed by atoms with van der Waals surface area (Å²) < 4.78 is 5.29. The summed E-state index contributed by atoms with van der Waals surface area (Å²) in [5.41, 5.74) is 5.34. The van der Waals surface area contributed by atoms with Crippen molar-refractivity contribution in [3.8, 4) is 0 Å². The molecule has 5 nitrogen and oxygen atoms in total. The average Bonchev–Trinajstić information content (AvgIpc) is 2.95. The van der Waals surface area contributed by atoms with Crippen molar-refractivity contribution in [3.05, 3.63) is 12.7 Å². The first-order valence-electron chi connectivity index (χ1n) is 7.47. The summed E-state index contributed by atoms with van der Waals surface area (Å²) in [4.78, 5) is 23.2. The van der Waals surface area contributed by atoms with Gasteiger partial charge in [-0.3, -0.25) is 9.59 Å². The molecule has 0 aromatic rings. The third-order valence-corrected chi connectivity index (χ3v) is 3.53. The van der Waals surface area contributed by atoms with Gasteiger partial charge in [0.05, 0.1) is 0 Å². The quantitative estimate of drug-likeness (QED) is 0.472. The van der Waals surface area contributed by atoms with Gasteiger partial charge >= 0.3 is 0 Å². The van der Waals surface area contributed by atoms with Crippen molar-refractivity contribution in [1.82, 2.24) is 5.32 Å². The molecule has 2 atom stereocenters. The summed E-state index contributed by atoms with van der Waals surface area (Å²) in [6, 6.07) is -0.578. The van der Waals surface area contributed by atoms with Crippen molar-refractivity contribution in [2.45, 2.75) is 63.5 Å². The third kappa shape index (κ3) is 6.19. The van der Waals surface area contributed by atoms with E-state index in [-0.39, 0.29) is 5.91 Å². The maximum Gasteiger partial charge on any atom is 0.249 e. The van der Waals surface area contributed by atoms with Gasteiger partial charge in [0.2, 0.25) is 11.8 Å². The van der Waals surface area contributed by atoms with E-state index in [4.69, 9.17) is 10.5 Å². The normalized spacial score (nSPS) is 19.5. The molecular formula is C15H26N2O3. The molecule has 3 N–H and O–H groups in total. The van der Waals surface area contributed by atoms with Crippen LogP contribution in [0.1, 0.15) is 51.4 Å². The van der Waals surface area contributed by atoms with Crippen LogP contribution in [0.3, 0.4) is 0 Å². The van der Waals surface area contributed by atoms with Crippen molar-refractivity contribution >= 4 is 11.8 Å². The van der Waals surface area contributed by atoms with Crippen molar-refractivity contribution < 1.29 is 14.3 Å². The molecule has 0 bridgehead atoms. The highest BCUT2D eigenvalue weighted by molar-refractivity contribution is 5.88. The van der Waals surface area contributed by atoms with Gasteiger partial charge in [0.15, 0.2) is 0 Å². The number of hydrogen-bond donors (Lipinski definition) is 2. The first-order chi connectivity index (χ1) is 9.65. The Kier molecular flexibility index (Phi) is 7.95. The first kappa shape index (κ1) is 16.7. The molecule has 0 spiro atoms. The van der Waals surface area contributed by atoms with Crippen molar-refractivity contribution in [2.24, 2.45) is 5.73 Å². The Morgan fingerprint density at radius 1 is 1.35 bits per heavy atom. The average molecular weight is 282 g/mol. The highest BCUT2D eigenvalue weighted by atomic mass is 16.5. The summed E-state index contributed by atoms with van der Waals surface area (Å²) in [6.07, 6.45) is 8.88. The summed E-state index contributed by atoms with van der Waals surface area (Å²) in [5.74, 6) is -0.680. The Bertz CT molecular complexity index is 325. The summed E-state index contributed by atoms with van der Waals surface area (Å²) in [7, 11) is 0. The van der Waals surface area contributed by atoms with Crippen LogP contribution in [0.25, 0.3) is 0 Å². The Hall–Kier alpha value is -1.36. The molecule has 0 aliphatic carbocycles. The fourth-order valence-electron chi connectivity index (χ4n) is 2.33. The molecule has 1 heterocycles. The van der Waals surface area contributed by atoms with Gasteiger partial charge in [0.25, 0.3) is 0 Å². The number of nitrogens with two attached hydrogens (primary N) is 1. The smallest absolute Gasteiger partial charge is 0.249 e. The zero-order valence-electron chi connectivity index (χ0n) is 12.1. The predicted molar refractivity (Wildman–Crippen MR) is 78.0 cm³/mol. The second-order valence-electron chi connectivity index (χ2n) is 5.25. The molecule has 0 saturated carbocycles.